The largest absolute Gasteiger partial charge is 0.367 e. The van der Waals surface area contributed by atoms with E-state index in [0.29, 0.717) is 11.8 Å². The number of aryl methyl sites for hydroxylation is 1. The Morgan fingerprint density at radius 3 is 3.11 bits per heavy atom. The monoisotopic (exact) mass is 245 g/mol. The molecule has 2 unspecified atom stereocenters. The zero-order valence-corrected chi connectivity index (χ0v) is 10.9. The van der Waals surface area contributed by atoms with Crippen molar-refractivity contribution in [2.24, 2.45) is 5.92 Å². The van der Waals surface area contributed by atoms with E-state index in [2.05, 4.69) is 27.3 Å². The fraction of sp³-hybridized carbons (Fsp3) is 0.615. The summed E-state index contributed by atoms with van der Waals surface area (Å²) in [7, 11) is 0. The van der Waals surface area contributed by atoms with Gasteiger partial charge in [0.25, 0.3) is 5.78 Å². The molecule has 1 aliphatic rings. The fourth-order valence-corrected chi connectivity index (χ4v) is 2.81. The van der Waals surface area contributed by atoms with Gasteiger partial charge in [-0.2, -0.15) is 14.6 Å². The number of nitrogens with zero attached hydrogens (tertiary/aromatic N) is 4. The summed E-state index contributed by atoms with van der Waals surface area (Å²) in [5.41, 5.74) is 0.974. The van der Waals surface area contributed by atoms with Gasteiger partial charge < -0.3 is 5.32 Å². The maximum atomic E-state index is 4.35. The lowest BCUT2D eigenvalue weighted by atomic mass is 9.87. The maximum Gasteiger partial charge on any atom is 0.254 e. The van der Waals surface area contributed by atoms with Crippen molar-refractivity contribution in [2.75, 3.05) is 5.32 Å². The van der Waals surface area contributed by atoms with Gasteiger partial charge >= 0.3 is 0 Å². The van der Waals surface area contributed by atoms with Crippen LogP contribution in [0, 0.1) is 12.8 Å². The molecule has 0 radical (unpaired) electrons. The van der Waals surface area contributed by atoms with Crippen LogP contribution < -0.4 is 5.32 Å². The van der Waals surface area contributed by atoms with Crippen molar-refractivity contribution in [3.8, 4) is 0 Å². The molecule has 0 aromatic carbocycles. The molecule has 1 aliphatic carbocycles. The van der Waals surface area contributed by atoms with Gasteiger partial charge in [-0.3, -0.25) is 0 Å². The van der Waals surface area contributed by atoms with E-state index in [1.165, 1.54) is 25.7 Å². The molecule has 2 aromatic heterocycles. The van der Waals surface area contributed by atoms with E-state index in [1.54, 1.807) is 10.8 Å². The lowest BCUT2D eigenvalue weighted by Crippen LogP contribution is -2.27. The minimum Gasteiger partial charge on any atom is -0.367 e. The Kier molecular flexibility index (Phi) is 2.89. The van der Waals surface area contributed by atoms with E-state index < -0.39 is 0 Å². The highest BCUT2D eigenvalue weighted by Crippen LogP contribution is 2.26. The van der Waals surface area contributed by atoms with Gasteiger partial charge in [0.2, 0.25) is 0 Å². The predicted molar refractivity (Wildman–Crippen MR) is 70.6 cm³/mol. The van der Waals surface area contributed by atoms with Crippen molar-refractivity contribution in [2.45, 2.75) is 45.6 Å². The smallest absolute Gasteiger partial charge is 0.254 e. The first-order valence-corrected chi connectivity index (χ1v) is 6.66. The summed E-state index contributed by atoms with van der Waals surface area (Å²) in [6.07, 6.45) is 6.69. The van der Waals surface area contributed by atoms with Crippen molar-refractivity contribution in [3.63, 3.8) is 0 Å². The minimum atomic E-state index is 0.544. The van der Waals surface area contributed by atoms with E-state index in [0.717, 1.165) is 17.4 Å². The van der Waals surface area contributed by atoms with Crippen molar-refractivity contribution in [3.05, 3.63) is 18.1 Å². The van der Waals surface area contributed by atoms with Gasteiger partial charge in [-0.25, -0.2) is 4.98 Å². The summed E-state index contributed by atoms with van der Waals surface area (Å²) in [5.74, 6) is 2.49. The van der Waals surface area contributed by atoms with Crippen LogP contribution in [0.3, 0.4) is 0 Å². The van der Waals surface area contributed by atoms with Gasteiger partial charge in [0, 0.05) is 17.8 Å². The fourth-order valence-electron chi connectivity index (χ4n) is 2.81. The highest BCUT2D eigenvalue weighted by Gasteiger charge is 2.19. The first kappa shape index (κ1) is 11.4. The highest BCUT2D eigenvalue weighted by atomic mass is 15.4. The molecule has 0 bridgehead atoms. The van der Waals surface area contributed by atoms with E-state index in [9.17, 15) is 0 Å². The molecule has 2 atom stereocenters. The van der Waals surface area contributed by atoms with E-state index in [1.807, 2.05) is 13.0 Å². The number of rotatable bonds is 2. The summed E-state index contributed by atoms with van der Waals surface area (Å²) < 4.78 is 1.78. The lowest BCUT2D eigenvalue weighted by Gasteiger charge is -2.28. The normalized spacial score (nSPS) is 24.3. The molecular formula is C13H19N5. The quantitative estimate of drug-likeness (QED) is 0.882. The standard InChI is InChI=1S/C13H19N5/c1-9-4-3-5-11(6-9)17-12-7-10(2)16-13-14-8-15-18(12)13/h7-9,11,17H,3-6H2,1-2H3. The molecule has 1 fully saturated rings. The maximum absolute atomic E-state index is 4.35. The molecule has 1 N–H and O–H groups in total. The topological polar surface area (TPSA) is 55.1 Å². The van der Waals surface area contributed by atoms with Gasteiger partial charge in [0.05, 0.1) is 0 Å². The third-order valence-electron chi connectivity index (χ3n) is 3.67. The number of anilines is 1. The zero-order valence-electron chi connectivity index (χ0n) is 10.9. The number of hydrogen-bond acceptors (Lipinski definition) is 4. The molecule has 0 saturated heterocycles. The zero-order chi connectivity index (χ0) is 12.5. The second-order valence-corrected chi connectivity index (χ2v) is 5.37. The van der Waals surface area contributed by atoms with Crippen LogP contribution in [-0.2, 0) is 0 Å². The molecule has 18 heavy (non-hydrogen) atoms. The van der Waals surface area contributed by atoms with Crippen LogP contribution in [0.5, 0.6) is 0 Å². The second-order valence-electron chi connectivity index (χ2n) is 5.37. The molecule has 0 aliphatic heterocycles. The summed E-state index contributed by atoms with van der Waals surface area (Å²) >= 11 is 0. The molecule has 0 amide bonds. The van der Waals surface area contributed by atoms with Gasteiger partial charge in [-0.1, -0.05) is 19.8 Å². The molecule has 2 heterocycles. The number of nitrogens with one attached hydrogen (secondary N) is 1. The van der Waals surface area contributed by atoms with Crippen LogP contribution in [0.2, 0.25) is 0 Å². The lowest BCUT2D eigenvalue weighted by molar-refractivity contribution is 0.358. The first-order chi connectivity index (χ1) is 8.72. The SMILES string of the molecule is Cc1cc(NC2CCCC(C)C2)n2ncnc2n1. The summed E-state index contributed by atoms with van der Waals surface area (Å²) in [5, 5.41) is 7.83. The highest BCUT2D eigenvalue weighted by molar-refractivity contribution is 5.45. The van der Waals surface area contributed by atoms with Crippen LogP contribution >= 0.6 is 0 Å². The Balaban J connectivity index is 1.87. The number of hydrogen-bond donors (Lipinski definition) is 1. The average molecular weight is 245 g/mol. The van der Waals surface area contributed by atoms with Gasteiger partial charge in [-0.15, -0.1) is 0 Å². The van der Waals surface area contributed by atoms with Crippen LogP contribution in [0.1, 0.15) is 38.3 Å². The predicted octanol–water partition coefficient (Wildman–Crippen LogP) is 2.42. The van der Waals surface area contributed by atoms with Gasteiger partial charge in [0.1, 0.15) is 12.1 Å². The Morgan fingerprint density at radius 1 is 1.39 bits per heavy atom. The third-order valence-corrected chi connectivity index (χ3v) is 3.67. The molecule has 5 nitrogen and oxygen atoms in total. The second kappa shape index (κ2) is 4.55. The molecule has 2 aromatic rings. The van der Waals surface area contributed by atoms with Gasteiger partial charge in [-0.05, 0) is 25.7 Å². The van der Waals surface area contributed by atoms with Gasteiger partial charge in [0.15, 0.2) is 0 Å². The third kappa shape index (κ3) is 2.17. The number of fused-ring (bicyclic) bond motifs is 1. The van der Waals surface area contributed by atoms with E-state index in [4.69, 9.17) is 0 Å². The number of aromatic nitrogens is 4. The molecule has 3 rings (SSSR count). The average Bonchev–Trinajstić information content (AvgIpc) is 2.77. The molecule has 5 heteroatoms. The van der Waals surface area contributed by atoms with Crippen molar-refractivity contribution in [1.29, 1.82) is 0 Å². The van der Waals surface area contributed by atoms with Crippen molar-refractivity contribution < 1.29 is 0 Å². The first-order valence-electron chi connectivity index (χ1n) is 6.66. The van der Waals surface area contributed by atoms with Crippen LogP contribution in [0.25, 0.3) is 5.78 Å². The summed E-state index contributed by atoms with van der Waals surface area (Å²) in [6, 6.07) is 2.59. The Bertz CT molecular complexity index is 547. The molecule has 96 valence electrons. The van der Waals surface area contributed by atoms with E-state index in [-0.39, 0.29) is 0 Å². The minimum absolute atomic E-state index is 0.544. The Hall–Kier alpha value is -1.65. The van der Waals surface area contributed by atoms with Crippen LogP contribution in [-0.4, -0.2) is 25.6 Å². The Labute approximate surface area is 107 Å². The Morgan fingerprint density at radius 2 is 2.28 bits per heavy atom. The summed E-state index contributed by atoms with van der Waals surface area (Å²) in [6.45, 7) is 4.32. The van der Waals surface area contributed by atoms with Crippen LogP contribution in [0.4, 0.5) is 5.82 Å². The van der Waals surface area contributed by atoms with Crippen LogP contribution in [0.15, 0.2) is 12.4 Å². The van der Waals surface area contributed by atoms with Crippen molar-refractivity contribution in [1.82, 2.24) is 19.6 Å². The van der Waals surface area contributed by atoms with Crippen molar-refractivity contribution >= 4 is 11.6 Å². The molecular weight excluding hydrogens is 226 g/mol. The summed E-state index contributed by atoms with van der Waals surface area (Å²) in [4.78, 5) is 8.50. The molecule has 0 spiro atoms. The molecule has 1 saturated carbocycles. The van der Waals surface area contributed by atoms with E-state index >= 15 is 0 Å².